The van der Waals surface area contributed by atoms with Crippen molar-refractivity contribution in [2.24, 2.45) is 5.92 Å². The van der Waals surface area contributed by atoms with Gasteiger partial charge in [0.25, 0.3) is 5.91 Å². The van der Waals surface area contributed by atoms with Gasteiger partial charge in [0.15, 0.2) is 5.76 Å². The van der Waals surface area contributed by atoms with Crippen LogP contribution in [0.2, 0.25) is 0 Å². The molecule has 0 saturated carbocycles. The molecule has 0 aliphatic heterocycles. The van der Waals surface area contributed by atoms with Crippen LogP contribution in [0.4, 0.5) is 5.69 Å². The maximum atomic E-state index is 13.1. The Hall–Kier alpha value is -3.71. The van der Waals surface area contributed by atoms with E-state index in [2.05, 4.69) is 28.9 Å². The summed E-state index contributed by atoms with van der Waals surface area (Å²) in [6, 6.07) is 18.8. The van der Waals surface area contributed by atoms with Crippen LogP contribution in [0.3, 0.4) is 0 Å². The number of para-hydroxylation sites is 1. The number of rotatable bonds is 6. The van der Waals surface area contributed by atoms with Crippen LogP contribution in [0, 0.1) is 5.92 Å². The van der Waals surface area contributed by atoms with Gasteiger partial charge in [0.1, 0.15) is 0 Å². The molecule has 0 unspecified atom stereocenters. The van der Waals surface area contributed by atoms with Crippen LogP contribution in [0.15, 0.2) is 83.5 Å². The molecule has 2 amide bonds. The van der Waals surface area contributed by atoms with Crippen LogP contribution >= 0.6 is 11.3 Å². The Kier molecular flexibility index (Phi) is 6.04. The molecule has 4 aromatic rings. The lowest BCUT2D eigenvalue weighted by Crippen LogP contribution is -2.34. The van der Waals surface area contributed by atoms with Crippen molar-refractivity contribution in [3.63, 3.8) is 0 Å². The van der Waals surface area contributed by atoms with Gasteiger partial charge in [-0.3, -0.25) is 9.59 Å². The first-order chi connectivity index (χ1) is 16.2. The van der Waals surface area contributed by atoms with Crippen molar-refractivity contribution in [1.29, 1.82) is 0 Å². The van der Waals surface area contributed by atoms with Gasteiger partial charge in [0, 0.05) is 18.2 Å². The molecule has 1 aliphatic rings. The maximum absolute atomic E-state index is 13.1. The first-order valence-corrected chi connectivity index (χ1v) is 11.7. The van der Waals surface area contributed by atoms with Crippen molar-refractivity contribution in [3.05, 3.63) is 95.4 Å². The number of hydrogen-bond acceptors (Lipinski definition) is 5. The van der Waals surface area contributed by atoms with Gasteiger partial charge in [0.05, 0.1) is 27.4 Å². The molecule has 5 rings (SSSR count). The lowest BCUT2D eigenvalue weighted by Gasteiger charge is -2.26. The largest absolute Gasteiger partial charge is 0.459 e. The number of nitrogens with one attached hydrogen (secondary N) is 2. The van der Waals surface area contributed by atoms with Gasteiger partial charge in [-0.1, -0.05) is 36.4 Å². The molecule has 0 saturated heterocycles. The highest BCUT2D eigenvalue weighted by molar-refractivity contribution is 7.18. The molecule has 33 heavy (non-hydrogen) atoms. The van der Waals surface area contributed by atoms with E-state index in [0.29, 0.717) is 18.7 Å². The molecule has 2 aromatic carbocycles. The first-order valence-electron chi connectivity index (χ1n) is 10.9. The zero-order chi connectivity index (χ0) is 22.6. The van der Waals surface area contributed by atoms with Crippen LogP contribution in [0.25, 0.3) is 10.2 Å². The second-order valence-electron chi connectivity index (χ2n) is 8.02. The fourth-order valence-electron chi connectivity index (χ4n) is 4.05. The van der Waals surface area contributed by atoms with Crippen molar-refractivity contribution >= 4 is 39.1 Å². The number of amides is 2. The van der Waals surface area contributed by atoms with E-state index in [-0.39, 0.29) is 29.4 Å². The Morgan fingerprint density at radius 3 is 2.61 bits per heavy atom. The van der Waals surface area contributed by atoms with E-state index in [1.807, 2.05) is 42.5 Å². The third kappa shape index (κ3) is 4.73. The number of anilines is 1. The van der Waals surface area contributed by atoms with Gasteiger partial charge in [-0.15, -0.1) is 11.3 Å². The van der Waals surface area contributed by atoms with E-state index in [1.54, 1.807) is 23.5 Å². The number of carbonyl (C=O) groups excluding carboxylic acids is 2. The van der Waals surface area contributed by atoms with Crippen LogP contribution < -0.4 is 10.6 Å². The number of furan rings is 1. The molecule has 2 heterocycles. The van der Waals surface area contributed by atoms with Crippen LogP contribution in [-0.4, -0.2) is 16.8 Å². The van der Waals surface area contributed by atoms with Gasteiger partial charge in [-0.05, 0) is 54.8 Å². The Bertz CT molecular complexity index is 1260. The summed E-state index contributed by atoms with van der Waals surface area (Å²) in [5, 5.41) is 6.90. The van der Waals surface area contributed by atoms with Gasteiger partial charge in [0.2, 0.25) is 5.91 Å². The predicted octanol–water partition coefficient (Wildman–Crippen LogP) is 5.51. The number of nitrogens with zero attached hydrogens (tertiary/aromatic N) is 1. The summed E-state index contributed by atoms with van der Waals surface area (Å²) in [4.78, 5) is 30.0. The smallest absolute Gasteiger partial charge is 0.291 e. The molecule has 0 radical (unpaired) electrons. The molecule has 2 aromatic heterocycles. The van der Waals surface area contributed by atoms with E-state index in [9.17, 15) is 9.59 Å². The Labute approximate surface area is 195 Å². The summed E-state index contributed by atoms with van der Waals surface area (Å²) in [5.74, 6) is -0.0457. The molecule has 0 spiro atoms. The zero-order valence-corrected chi connectivity index (χ0v) is 18.7. The predicted molar refractivity (Wildman–Crippen MR) is 129 cm³/mol. The standard InChI is InChI=1S/C26H23N3O3S/c30-24(19-6-1-2-7-20(19)26-29-21-8-3-4-10-23(21)33-26)27-16-17-11-13-18(14-12-17)28-25(31)22-9-5-15-32-22/h1-5,8-15,19-20H,6-7,16H2,(H,27,30)(H,28,31)/t19-,20+/m0/s1. The molecule has 0 fully saturated rings. The minimum atomic E-state index is -0.299. The van der Waals surface area contributed by atoms with E-state index >= 15 is 0 Å². The number of thiazole rings is 1. The van der Waals surface area contributed by atoms with Crippen LogP contribution in [0.1, 0.15) is 39.9 Å². The summed E-state index contributed by atoms with van der Waals surface area (Å²) < 4.78 is 6.26. The Morgan fingerprint density at radius 2 is 1.82 bits per heavy atom. The summed E-state index contributed by atoms with van der Waals surface area (Å²) >= 11 is 1.68. The summed E-state index contributed by atoms with van der Waals surface area (Å²) in [6.07, 6.45) is 7.23. The average Bonchev–Trinajstić information content (AvgIpc) is 3.54. The third-order valence-corrected chi connectivity index (χ3v) is 6.99. The molecule has 7 heteroatoms. The normalized spacial score (nSPS) is 17.7. The number of carbonyl (C=O) groups is 2. The first kappa shape index (κ1) is 21.2. The van der Waals surface area contributed by atoms with Gasteiger partial charge in [-0.25, -0.2) is 4.98 Å². The maximum Gasteiger partial charge on any atom is 0.291 e. The topological polar surface area (TPSA) is 84.2 Å². The minimum absolute atomic E-state index is 0.0406. The molecule has 2 N–H and O–H groups in total. The summed E-state index contributed by atoms with van der Waals surface area (Å²) in [7, 11) is 0. The fourth-order valence-corrected chi connectivity index (χ4v) is 5.20. The second kappa shape index (κ2) is 9.42. The van der Waals surface area contributed by atoms with E-state index in [1.165, 1.54) is 6.26 Å². The average molecular weight is 458 g/mol. The minimum Gasteiger partial charge on any atom is -0.459 e. The number of allylic oxidation sites excluding steroid dienone is 2. The molecular weight excluding hydrogens is 434 g/mol. The Morgan fingerprint density at radius 1 is 1.00 bits per heavy atom. The van der Waals surface area contributed by atoms with Gasteiger partial charge >= 0.3 is 0 Å². The lowest BCUT2D eigenvalue weighted by molar-refractivity contribution is -0.125. The molecule has 2 atom stereocenters. The highest BCUT2D eigenvalue weighted by Gasteiger charge is 2.32. The molecule has 166 valence electrons. The molecule has 0 bridgehead atoms. The third-order valence-electron chi connectivity index (χ3n) is 5.82. The zero-order valence-electron chi connectivity index (χ0n) is 17.9. The quantitative estimate of drug-likeness (QED) is 0.374. The molecule has 6 nitrogen and oxygen atoms in total. The number of benzene rings is 2. The van der Waals surface area contributed by atoms with E-state index in [0.717, 1.165) is 27.2 Å². The van der Waals surface area contributed by atoms with Crippen molar-refractivity contribution in [1.82, 2.24) is 10.3 Å². The second-order valence-corrected chi connectivity index (χ2v) is 9.08. The number of hydrogen-bond donors (Lipinski definition) is 2. The van der Waals surface area contributed by atoms with Crippen molar-refractivity contribution in [3.8, 4) is 0 Å². The monoisotopic (exact) mass is 457 g/mol. The Balaban J connectivity index is 1.21. The molecule has 1 aliphatic carbocycles. The highest BCUT2D eigenvalue weighted by atomic mass is 32.1. The van der Waals surface area contributed by atoms with Crippen molar-refractivity contribution in [2.75, 3.05) is 5.32 Å². The molecular formula is C26H23N3O3S. The SMILES string of the molecule is O=C(Nc1ccc(CNC(=O)[C@H]2CC=CC[C@H]2c2nc3ccccc3s2)cc1)c1ccco1. The fraction of sp³-hybridized carbons (Fsp3) is 0.192. The highest BCUT2D eigenvalue weighted by Crippen LogP contribution is 2.38. The number of aromatic nitrogens is 1. The van der Waals surface area contributed by atoms with Gasteiger partial charge < -0.3 is 15.1 Å². The summed E-state index contributed by atoms with van der Waals surface area (Å²) in [6.45, 7) is 0.429. The van der Waals surface area contributed by atoms with Gasteiger partial charge in [-0.2, -0.15) is 0 Å². The summed E-state index contributed by atoms with van der Waals surface area (Å²) in [5.41, 5.74) is 2.62. The van der Waals surface area contributed by atoms with E-state index in [4.69, 9.17) is 9.40 Å². The van der Waals surface area contributed by atoms with Crippen molar-refractivity contribution in [2.45, 2.75) is 25.3 Å². The van der Waals surface area contributed by atoms with Crippen molar-refractivity contribution < 1.29 is 14.0 Å². The lowest BCUT2D eigenvalue weighted by atomic mass is 9.82. The van der Waals surface area contributed by atoms with Crippen LogP contribution in [0.5, 0.6) is 0 Å². The van der Waals surface area contributed by atoms with Crippen LogP contribution in [-0.2, 0) is 11.3 Å². The number of fused-ring (bicyclic) bond motifs is 1. The van der Waals surface area contributed by atoms with E-state index < -0.39 is 0 Å².